The van der Waals surface area contributed by atoms with E-state index in [1.165, 1.54) is 11.8 Å². The number of benzene rings is 1. The van der Waals surface area contributed by atoms with E-state index in [4.69, 9.17) is 5.73 Å². The summed E-state index contributed by atoms with van der Waals surface area (Å²) in [6.45, 7) is 3.98. The monoisotopic (exact) mass is 412 g/mol. The van der Waals surface area contributed by atoms with Gasteiger partial charge in [0.25, 0.3) is 11.8 Å². The molecule has 0 radical (unpaired) electrons. The standard InChI is InChI=1S/C21H24N4O3S/c1-2-3-10-25-15-7-5-4-6-14(15)16(20(25)28)17-19(27)23-21(29-17)24-11-8-13(9-12-24)18(22)26/h4-7,13H,2-3,8-12H2,1H3,(H2,22,26)/b17-16+. The molecular formula is C21H24N4O3S. The molecule has 1 aromatic carbocycles. The molecular weight excluding hydrogens is 388 g/mol. The molecule has 3 amide bonds. The summed E-state index contributed by atoms with van der Waals surface area (Å²) in [7, 11) is 0. The number of unbranched alkanes of at least 4 members (excludes halogenated alkanes) is 1. The van der Waals surface area contributed by atoms with Crippen LogP contribution in [-0.2, 0) is 14.4 Å². The van der Waals surface area contributed by atoms with Crippen molar-refractivity contribution in [1.29, 1.82) is 0 Å². The summed E-state index contributed by atoms with van der Waals surface area (Å²) in [5.41, 5.74) is 7.52. The number of para-hydroxylation sites is 1. The minimum Gasteiger partial charge on any atom is -0.369 e. The lowest BCUT2D eigenvalue weighted by atomic mass is 9.97. The Morgan fingerprint density at radius 3 is 2.66 bits per heavy atom. The highest BCUT2D eigenvalue weighted by Crippen LogP contribution is 2.44. The van der Waals surface area contributed by atoms with Crippen LogP contribution >= 0.6 is 11.8 Å². The van der Waals surface area contributed by atoms with Crippen LogP contribution in [0.4, 0.5) is 5.69 Å². The molecule has 29 heavy (non-hydrogen) atoms. The first kappa shape index (κ1) is 19.7. The van der Waals surface area contributed by atoms with Gasteiger partial charge in [0, 0.05) is 31.1 Å². The van der Waals surface area contributed by atoms with Gasteiger partial charge in [-0.25, -0.2) is 0 Å². The number of likely N-dealkylation sites (tertiary alicyclic amines) is 1. The Labute approximate surface area is 174 Å². The van der Waals surface area contributed by atoms with Crippen molar-refractivity contribution < 1.29 is 14.4 Å². The largest absolute Gasteiger partial charge is 0.369 e. The predicted octanol–water partition coefficient (Wildman–Crippen LogP) is 2.37. The predicted molar refractivity (Wildman–Crippen MR) is 114 cm³/mol. The first-order chi connectivity index (χ1) is 14.0. The van der Waals surface area contributed by atoms with Crippen LogP contribution in [0.25, 0.3) is 5.57 Å². The van der Waals surface area contributed by atoms with Gasteiger partial charge in [0.15, 0.2) is 5.17 Å². The number of piperidine rings is 1. The Bertz CT molecular complexity index is 932. The van der Waals surface area contributed by atoms with Gasteiger partial charge >= 0.3 is 0 Å². The lowest BCUT2D eigenvalue weighted by Crippen LogP contribution is -2.40. The van der Waals surface area contributed by atoms with E-state index in [9.17, 15) is 14.4 Å². The summed E-state index contributed by atoms with van der Waals surface area (Å²) in [4.78, 5) is 45.7. The van der Waals surface area contributed by atoms with Crippen LogP contribution < -0.4 is 10.6 Å². The second-order valence-corrected chi connectivity index (χ2v) is 8.47. The minimum atomic E-state index is -0.363. The van der Waals surface area contributed by atoms with E-state index in [0.717, 1.165) is 24.1 Å². The third kappa shape index (κ3) is 3.57. The molecule has 3 heterocycles. The number of nitrogens with two attached hydrogens (primary N) is 1. The van der Waals surface area contributed by atoms with Gasteiger partial charge in [0.1, 0.15) is 0 Å². The number of amides is 3. The van der Waals surface area contributed by atoms with Crippen LogP contribution in [0.2, 0.25) is 0 Å². The molecule has 0 aliphatic carbocycles. The topological polar surface area (TPSA) is 96.1 Å². The number of carbonyl (C=O) groups excluding carboxylic acids is 3. The molecule has 0 unspecified atom stereocenters. The van der Waals surface area contributed by atoms with Crippen LogP contribution in [0, 0.1) is 5.92 Å². The van der Waals surface area contributed by atoms with E-state index in [0.29, 0.717) is 48.1 Å². The van der Waals surface area contributed by atoms with Crippen molar-refractivity contribution in [3.8, 4) is 0 Å². The van der Waals surface area contributed by atoms with E-state index in [-0.39, 0.29) is 23.6 Å². The fourth-order valence-corrected chi connectivity index (χ4v) is 5.04. The number of hydrogen-bond donors (Lipinski definition) is 1. The third-order valence-corrected chi connectivity index (χ3v) is 6.75. The zero-order chi connectivity index (χ0) is 20.5. The molecule has 1 saturated heterocycles. The summed E-state index contributed by atoms with van der Waals surface area (Å²) in [5, 5.41) is 0.609. The molecule has 4 rings (SSSR count). The van der Waals surface area contributed by atoms with Gasteiger partial charge < -0.3 is 15.5 Å². The first-order valence-electron chi connectivity index (χ1n) is 10.0. The normalized spacial score (nSPS) is 22.3. The summed E-state index contributed by atoms with van der Waals surface area (Å²) in [6, 6.07) is 7.62. The van der Waals surface area contributed by atoms with Crippen LogP contribution in [0.15, 0.2) is 34.2 Å². The minimum absolute atomic E-state index is 0.123. The molecule has 152 valence electrons. The number of aliphatic imine (C=N–C) groups is 1. The van der Waals surface area contributed by atoms with Gasteiger partial charge in [0.2, 0.25) is 5.91 Å². The van der Waals surface area contributed by atoms with E-state index in [1.54, 1.807) is 4.90 Å². The number of thioether (sulfide) groups is 1. The van der Waals surface area contributed by atoms with E-state index >= 15 is 0 Å². The average molecular weight is 413 g/mol. The van der Waals surface area contributed by atoms with Gasteiger partial charge in [-0.15, -0.1) is 0 Å². The Morgan fingerprint density at radius 1 is 1.24 bits per heavy atom. The van der Waals surface area contributed by atoms with Gasteiger partial charge in [-0.1, -0.05) is 31.5 Å². The fraction of sp³-hybridized carbons (Fsp3) is 0.429. The molecule has 8 heteroatoms. The van der Waals surface area contributed by atoms with Gasteiger partial charge in [-0.05, 0) is 37.1 Å². The molecule has 0 saturated carbocycles. The van der Waals surface area contributed by atoms with Gasteiger partial charge in [-0.3, -0.25) is 14.4 Å². The van der Waals surface area contributed by atoms with Crippen LogP contribution in [0.5, 0.6) is 0 Å². The molecule has 0 aromatic heterocycles. The second-order valence-electron chi connectivity index (χ2n) is 7.50. The Morgan fingerprint density at radius 2 is 1.97 bits per heavy atom. The number of anilines is 1. The van der Waals surface area contributed by atoms with Crippen molar-refractivity contribution >= 4 is 45.9 Å². The second kappa shape index (κ2) is 8.02. The van der Waals surface area contributed by atoms with Gasteiger partial charge in [0.05, 0.1) is 16.2 Å². The van der Waals surface area contributed by atoms with E-state index < -0.39 is 0 Å². The van der Waals surface area contributed by atoms with Crippen molar-refractivity contribution in [2.45, 2.75) is 32.6 Å². The fourth-order valence-electron chi connectivity index (χ4n) is 3.98. The molecule has 0 bridgehead atoms. The van der Waals surface area contributed by atoms with Crippen molar-refractivity contribution in [3.63, 3.8) is 0 Å². The summed E-state index contributed by atoms with van der Waals surface area (Å²) >= 11 is 1.27. The summed E-state index contributed by atoms with van der Waals surface area (Å²) < 4.78 is 0. The molecule has 7 nitrogen and oxygen atoms in total. The summed E-state index contributed by atoms with van der Waals surface area (Å²) in [6.07, 6.45) is 3.20. The zero-order valence-corrected chi connectivity index (χ0v) is 17.2. The van der Waals surface area contributed by atoms with Gasteiger partial charge in [-0.2, -0.15) is 4.99 Å². The van der Waals surface area contributed by atoms with E-state index in [2.05, 4.69) is 11.9 Å². The highest BCUT2D eigenvalue weighted by atomic mass is 32.2. The molecule has 0 spiro atoms. The third-order valence-electron chi connectivity index (χ3n) is 5.64. The summed E-state index contributed by atoms with van der Waals surface area (Å²) in [5.74, 6) is -0.885. The molecule has 3 aliphatic rings. The maximum absolute atomic E-state index is 13.2. The maximum Gasteiger partial charge on any atom is 0.287 e. The Hall–Kier alpha value is -2.61. The van der Waals surface area contributed by atoms with Crippen molar-refractivity contribution in [2.24, 2.45) is 16.6 Å². The highest BCUT2D eigenvalue weighted by molar-refractivity contribution is 8.18. The maximum atomic E-state index is 13.2. The number of amidine groups is 1. The lowest BCUT2D eigenvalue weighted by molar-refractivity contribution is -0.123. The average Bonchev–Trinajstić information content (AvgIpc) is 3.23. The van der Waals surface area contributed by atoms with Crippen molar-refractivity contribution in [1.82, 2.24) is 4.90 Å². The number of fused-ring (bicyclic) bond motifs is 1. The lowest BCUT2D eigenvalue weighted by Gasteiger charge is -2.31. The first-order valence-corrected chi connectivity index (χ1v) is 10.8. The SMILES string of the molecule is CCCCN1C(=O)/C(=C2/SC(N3CCC(C(N)=O)CC3)=NC2=O)c2ccccc21. The van der Waals surface area contributed by atoms with Crippen molar-refractivity contribution in [2.75, 3.05) is 24.5 Å². The Kier molecular flexibility index (Phi) is 5.45. The quantitative estimate of drug-likeness (QED) is 0.766. The molecule has 0 atom stereocenters. The molecule has 3 aliphatic heterocycles. The Balaban J connectivity index is 1.59. The van der Waals surface area contributed by atoms with Crippen LogP contribution in [0.1, 0.15) is 38.2 Å². The van der Waals surface area contributed by atoms with Crippen LogP contribution in [-0.4, -0.2) is 47.4 Å². The smallest absolute Gasteiger partial charge is 0.287 e. The highest BCUT2D eigenvalue weighted by Gasteiger charge is 2.39. The number of nitrogens with zero attached hydrogens (tertiary/aromatic N) is 3. The zero-order valence-electron chi connectivity index (χ0n) is 16.4. The number of carbonyl (C=O) groups is 3. The van der Waals surface area contributed by atoms with Crippen molar-refractivity contribution in [3.05, 3.63) is 34.7 Å². The molecule has 1 fully saturated rings. The van der Waals surface area contributed by atoms with Crippen LogP contribution in [0.3, 0.4) is 0 Å². The molecule has 2 N–H and O–H groups in total. The number of rotatable bonds is 4. The molecule has 1 aromatic rings. The number of hydrogen-bond acceptors (Lipinski definition) is 5. The van der Waals surface area contributed by atoms with E-state index in [1.807, 2.05) is 29.2 Å². The number of primary amides is 1.